The Morgan fingerprint density at radius 2 is 2.06 bits per heavy atom. The molecule has 18 heavy (non-hydrogen) atoms. The van der Waals surface area contributed by atoms with Gasteiger partial charge in [0.1, 0.15) is 5.78 Å². The van der Waals surface area contributed by atoms with Crippen LogP contribution in [0, 0.1) is 6.92 Å². The molecule has 0 radical (unpaired) electrons. The van der Waals surface area contributed by atoms with Crippen molar-refractivity contribution in [2.24, 2.45) is 5.73 Å². The molecule has 2 nitrogen and oxygen atoms in total. The van der Waals surface area contributed by atoms with Crippen molar-refractivity contribution in [3.63, 3.8) is 0 Å². The van der Waals surface area contributed by atoms with Crippen LogP contribution in [0.2, 0.25) is 0 Å². The van der Waals surface area contributed by atoms with Gasteiger partial charge in [0.2, 0.25) is 0 Å². The molecule has 1 rings (SSSR count). The molecule has 0 heterocycles. The van der Waals surface area contributed by atoms with Gasteiger partial charge in [-0.25, -0.2) is 4.39 Å². The van der Waals surface area contributed by atoms with Crippen LogP contribution in [0.5, 0.6) is 0 Å². The summed E-state index contributed by atoms with van der Waals surface area (Å²) in [5.74, 6) is -1.74. The number of hydrogen-bond acceptors (Lipinski definition) is 2. The minimum atomic E-state index is -1.86. The summed E-state index contributed by atoms with van der Waals surface area (Å²) in [6.07, 6.45) is 1.04. The zero-order chi connectivity index (χ0) is 13.9. The standard InChI is InChI=1S/C15H20FNO/c1-10(5-7-12(3)18)13-8-6-11(2)14(9-13)15(4,16)17/h6,8-9H,1,5,7,17H2,2-4H3. The van der Waals surface area contributed by atoms with E-state index in [1.165, 1.54) is 6.92 Å². The molecule has 1 atom stereocenters. The molecular formula is C15H20FNO. The van der Waals surface area contributed by atoms with E-state index in [-0.39, 0.29) is 5.78 Å². The van der Waals surface area contributed by atoms with Crippen LogP contribution >= 0.6 is 0 Å². The van der Waals surface area contributed by atoms with Gasteiger partial charge in [0.05, 0.1) is 0 Å². The number of ketones is 1. The van der Waals surface area contributed by atoms with Gasteiger partial charge in [0, 0.05) is 12.0 Å². The third-order valence-electron chi connectivity index (χ3n) is 2.95. The lowest BCUT2D eigenvalue weighted by atomic mass is 9.94. The first kappa shape index (κ1) is 14.6. The van der Waals surface area contributed by atoms with E-state index in [9.17, 15) is 9.18 Å². The maximum Gasteiger partial charge on any atom is 0.182 e. The number of allylic oxidation sites excluding steroid dienone is 1. The quantitative estimate of drug-likeness (QED) is 0.812. The van der Waals surface area contributed by atoms with E-state index < -0.39 is 5.79 Å². The molecule has 0 fully saturated rings. The van der Waals surface area contributed by atoms with Crippen LogP contribution in [-0.2, 0) is 10.6 Å². The van der Waals surface area contributed by atoms with E-state index in [0.717, 1.165) is 16.7 Å². The Kier molecular flexibility index (Phi) is 4.41. The van der Waals surface area contributed by atoms with Gasteiger partial charge in [-0.15, -0.1) is 0 Å². The molecular weight excluding hydrogens is 229 g/mol. The third kappa shape index (κ3) is 3.77. The summed E-state index contributed by atoms with van der Waals surface area (Å²) in [7, 11) is 0. The Morgan fingerprint density at radius 1 is 1.44 bits per heavy atom. The van der Waals surface area contributed by atoms with E-state index in [1.54, 1.807) is 13.0 Å². The van der Waals surface area contributed by atoms with Crippen LogP contribution in [0.1, 0.15) is 43.4 Å². The smallest absolute Gasteiger partial charge is 0.182 e. The normalized spacial score (nSPS) is 14.1. The van der Waals surface area contributed by atoms with Crippen molar-refractivity contribution in [1.82, 2.24) is 0 Å². The molecule has 0 aliphatic carbocycles. The second kappa shape index (κ2) is 5.44. The number of rotatable bonds is 5. The summed E-state index contributed by atoms with van der Waals surface area (Å²) < 4.78 is 13.8. The highest BCUT2D eigenvalue weighted by molar-refractivity contribution is 5.78. The van der Waals surface area contributed by atoms with E-state index >= 15 is 0 Å². The Hall–Kier alpha value is -1.48. The second-order valence-electron chi connectivity index (χ2n) is 4.91. The number of halogens is 1. The molecule has 1 aromatic carbocycles. The first-order valence-electron chi connectivity index (χ1n) is 5.98. The monoisotopic (exact) mass is 249 g/mol. The number of hydrogen-bond donors (Lipinski definition) is 1. The Labute approximate surface area is 108 Å². The first-order chi connectivity index (χ1) is 8.21. The molecule has 3 heteroatoms. The maximum absolute atomic E-state index is 13.8. The van der Waals surface area contributed by atoms with Crippen LogP contribution in [0.4, 0.5) is 4.39 Å². The van der Waals surface area contributed by atoms with Crippen molar-refractivity contribution >= 4 is 11.4 Å². The van der Waals surface area contributed by atoms with E-state index in [4.69, 9.17) is 5.73 Å². The summed E-state index contributed by atoms with van der Waals surface area (Å²) in [4.78, 5) is 10.9. The zero-order valence-electron chi connectivity index (χ0n) is 11.2. The van der Waals surface area contributed by atoms with Crippen LogP contribution < -0.4 is 5.73 Å². The maximum atomic E-state index is 13.8. The number of nitrogens with two attached hydrogens (primary N) is 1. The molecule has 0 amide bonds. The number of carbonyl (C=O) groups excluding carboxylic acids is 1. The average molecular weight is 249 g/mol. The molecule has 0 aliphatic rings. The van der Waals surface area contributed by atoms with E-state index in [2.05, 4.69) is 6.58 Å². The Morgan fingerprint density at radius 3 is 2.56 bits per heavy atom. The number of aryl methyl sites for hydroxylation is 1. The van der Waals surface area contributed by atoms with Crippen LogP contribution in [0.25, 0.3) is 5.57 Å². The van der Waals surface area contributed by atoms with Crippen molar-refractivity contribution < 1.29 is 9.18 Å². The average Bonchev–Trinajstić information content (AvgIpc) is 2.24. The van der Waals surface area contributed by atoms with Crippen molar-refractivity contribution in [3.05, 3.63) is 41.5 Å². The highest BCUT2D eigenvalue weighted by Crippen LogP contribution is 2.27. The van der Waals surface area contributed by atoms with Crippen LogP contribution in [0.15, 0.2) is 24.8 Å². The number of benzene rings is 1. The second-order valence-corrected chi connectivity index (χ2v) is 4.91. The van der Waals surface area contributed by atoms with E-state index in [1.807, 2.05) is 19.1 Å². The highest BCUT2D eigenvalue weighted by atomic mass is 19.1. The molecule has 1 aromatic rings. The summed E-state index contributed by atoms with van der Waals surface area (Å²) in [5.41, 5.74) is 8.44. The van der Waals surface area contributed by atoms with Crippen LogP contribution in [0.3, 0.4) is 0 Å². The predicted molar refractivity (Wildman–Crippen MR) is 72.8 cm³/mol. The van der Waals surface area contributed by atoms with Gasteiger partial charge in [-0.05, 0) is 50.0 Å². The van der Waals surface area contributed by atoms with Gasteiger partial charge in [0.25, 0.3) is 0 Å². The number of carbonyl (C=O) groups is 1. The lowest BCUT2D eigenvalue weighted by Gasteiger charge is -2.19. The molecule has 98 valence electrons. The zero-order valence-corrected chi connectivity index (χ0v) is 11.2. The minimum Gasteiger partial charge on any atom is -0.300 e. The Balaban J connectivity index is 2.98. The molecule has 2 N–H and O–H groups in total. The summed E-state index contributed by atoms with van der Waals surface area (Å²) >= 11 is 0. The fourth-order valence-electron chi connectivity index (χ4n) is 1.84. The molecule has 0 bridgehead atoms. The number of Topliss-reactive ketones (excluding diaryl/α,β-unsaturated/α-hetero) is 1. The van der Waals surface area contributed by atoms with Crippen LogP contribution in [-0.4, -0.2) is 5.78 Å². The molecule has 0 spiro atoms. The van der Waals surface area contributed by atoms with Gasteiger partial charge < -0.3 is 4.79 Å². The summed E-state index contributed by atoms with van der Waals surface area (Å²) in [6, 6.07) is 5.43. The SMILES string of the molecule is C=C(CCC(C)=O)c1ccc(C)c(C(C)(N)F)c1. The largest absolute Gasteiger partial charge is 0.300 e. The lowest BCUT2D eigenvalue weighted by Crippen LogP contribution is -2.28. The minimum absolute atomic E-state index is 0.123. The fraction of sp³-hybridized carbons (Fsp3) is 0.400. The van der Waals surface area contributed by atoms with Gasteiger partial charge in [0.15, 0.2) is 5.79 Å². The van der Waals surface area contributed by atoms with Crippen molar-refractivity contribution in [2.45, 2.75) is 39.4 Å². The topological polar surface area (TPSA) is 43.1 Å². The van der Waals surface area contributed by atoms with Gasteiger partial charge >= 0.3 is 0 Å². The van der Waals surface area contributed by atoms with Gasteiger partial charge in [-0.3, -0.25) is 5.73 Å². The lowest BCUT2D eigenvalue weighted by molar-refractivity contribution is -0.116. The summed E-state index contributed by atoms with van der Waals surface area (Å²) in [5, 5.41) is 0. The molecule has 0 saturated heterocycles. The van der Waals surface area contributed by atoms with E-state index in [0.29, 0.717) is 18.4 Å². The molecule has 1 unspecified atom stereocenters. The Bertz CT molecular complexity index is 472. The van der Waals surface area contributed by atoms with Crippen molar-refractivity contribution in [3.8, 4) is 0 Å². The summed E-state index contributed by atoms with van der Waals surface area (Å²) in [6.45, 7) is 8.63. The van der Waals surface area contributed by atoms with Crippen molar-refractivity contribution in [2.75, 3.05) is 0 Å². The third-order valence-corrected chi connectivity index (χ3v) is 2.95. The number of alkyl halides is 1. The van der Waals surface area contributed by atoms with Crippen molar-refractivity contribution in [1.29, 1.82) is 0 Å². The molecule has 0 saturated carbocycles. The highest BCUT2D eigenvalue weighted by Gasteiger charge is 2.22. The predicted octanol–water partition coefficient (Wildman–Crippen LogP) is 3.48. The first-order valence-corrected chi connectivity index (χ1v) is 5.98. The molecule has 0 aromatic heterocycles. The van der Waals surface area contributed by atoms with Gasteiger partial charge in [-0.2, -0.15) is 0 Å². The van der Waals surface area contributed by atoms with Gasteiger partial charge in [-0.1, -0.05) is 18.7 Å². The molecule has 0 aliphatic heterocycles. The fourth-order valence-corrected chi connectivity index (χ4v) is 1.84.